The van der Waals surface area contributed by atoms with E-state index in [0.717, 1.165) is 25.2 Å². The number of morpholine rings is 1. The van der Waals surface area contributed by atoms with E-state index in [1.165, 1.54) is 0 Å². The number of nitrogens with zero attached hydrogens (tertiary/aromatic N) is 2. The van der Waals surface area contributed by atoms with Crippen molar-refractivity contribution in [2.75, 3.05) is 45.3 Å². The van der Waals surface area contributed by atoms with Gasteiger partial charge in [0.15, 0.2) is 0 Å². The molecule has 1 amide bonds. The van der Waals surface area contributed by atoms with Gasteiger partial charge in [0.05, 0.1) is 12.7 Å². The Labute approximate surface area is 143 Å². The summed E-state index contributed by atoms with van der Waals surface area (Å²) in [7, 11) is 3.93. The Morgan fingerprint density at radius 1 is 1.42 bits per heavy atom. The normalized spacial score (nSPS) is 26.9. The zero-order valence-corrected chi connectivity index (χ0v) is 14.4. The van der Waals surface area contributed by atoms with E-state index in [0.29, 0.717) is 24.6 Å². The van der Waals surface area contributed by atoms with Crippen LogP contribution in [0.25, 0.3) is 0 Å². The molecule has 2 aliphatic heterocycles. The molecule has 2 heterocycles. The van der Waals surface area contributed by atoms with E-state index in [9.17, 15) is 4.79 Å². The summed E-state index contributed by atoms with van der Waals surface area (Å²) in [5, 5.41) is 12.2. The van der Waals surface area contributed by atoms with Gasteiger partial charge >= 0.3 is 0 Å². The van der Waals surface area contributed by atoms with Crippen molar-refractivity contribution in [1.82, 2.24) is 10.2 Å². The molecule has 6 heteroatoms. The minimum absolute atomic E-state index is 0.0172. The van der Waals surface area contributed by atoms with E-state index >= 15 is 0 Å². The van der Waals surface area contributed by atoms with Crippen molar-refractivity contribution >= 4 is 11.6 Å². The van der Waals surface area contributed by atoms with Crippen LogP contribution in [0.1, 0.15) is 23.2 Å². The summed E-state index contributed by atoms with van der Waals surface area (Å²) >= 11 is 0. The van der Waals surface area contributed by atoms with Gasteiger partial charge in [-0.25, -0.2) is 0 Å². The average Bonchev–Trinajstić information content (AvgIpc) is 2.96. The predicted octanol–water partition coefficient (Wildman–Crippen LogP) is 0.707. The Hall–Kier alpha value is -1.63. The first kappa shape index (κ1) is 17.2. The second-order valence-corrected chi connectivity index (χ2v) is 6.93. The smallest absolute Gasteiger partial charge is 0.251 e. The molecule has 2 saturated heterocycles. The number of hydrogen-bond donors (Lipinski definition) is 2. The first-order valence-electron chi connectivity index (χ1n) is 8.61. The lowest BCUT2D eigenvalue weighted by Gasteiger charge is -2.34. The van der Waals surface area contributed by atoms with Crippen LogP contribution in [0.3, 0.4) is 0 Å². The fourth-order valence-corrected chi connectivity index (χ4v) is 3.56. The van der Waals surface area contributed by atoms with E-state index in [-0.39, 0.29) is 24.7 Å². The van der Waals surface area contributed by atoms with Crippen LogP contribution < -0.4 is 10.2 Å². The molecule has 0 bridgehead atoms. The third-order valence-electron chi connectivity index (χ3n) is 4.90. The maximum absolute atomic E-state index is 12.5. The Balaban J connectivity index is 1.57. The van der Waals surface area contributed by atoms with Crippen LogP contribution in [0, 0.1) is 0 Å². The van der Waals surface area contributed by atoms with Crippen molar-refractivity contribution in [3.63, 3.8) is 0 Å². The lowest BCUT2D eigenvalue weighted by atomic mass is 10.1. The molecule has 1 aromatic rings. The molecular weight excluding hydrogens is 306 g/mol. The summed E-state index contributed by atoms with van der Waals surface area (Å²) in [6.07, 6.45) is 1.71. The van der Waals surface area contributed by atoms with Crippen molar-refractivity contribution in [3.8, 4) is 0 Å². The van der Waals surface area contributed by atoms with Crippen molar-refractivity contribution in [2.45, 2.75) is 31.0 Å². The van der Waals surface area contributed by atoms with Gasteiger partial charge in [-0.15, -0.1) is 0 Å². The molecule has 6 nitrogen and oxygen atoms in total. The predicted molar refractivity (Wildman–Crippen MR) is 93.4 cm³/mol. The number of amides is 1. The summed E-state index contributed by atoms with van der Waals surface area (Å²) in [4.78, 5) is 16.9. The second kappa shape index (κ2) is 7.51. The quantitative estimate of drug-likeness (QED) is 0.831. The summed E-state index contributed by atoms with van der Waals surface area (Å²) < 4.78 is 5.79. The highest BCUT2D eigenvalue weighted by Gasteiger charge is 2.37. The Morgan fingerprint density at radius 2 is 2.25 bits per heavy atom. The molecule has 2 aliphatic rings. The SMILES string of the molecule is CN(C)c1cccc(C(=O)N[C@@H]2C[C@H]3CO[C@@H](CCO)CN3C2)c1. The van der Waals surface area contributed by atoms with Gasteiger partial charge in [0.25, 0.3) is 5.91 Å². The largest absolute Gasteiger partial charge is 0.396 e. The molecule has 2 fully saturated rings. The highest BCUT2D eigenvalue weighted by Crippen LogP contribution is 2.24. The van der Waals surface area contributed by atoms with Crippen LogP contribution >= 0.6 is 0 Å². The number of benzene rings is 1. The van der Waals surface area contributed by atoms with Crippen molar-refractivity contribution in [1.29, 1.82) is 0 Å². The number of hydrogen-bond acceptors (Lipinski definition) is 5. The number of fused-ring (bicyclic) bond motifs is 1. The van der Waals surface area contributed by atoms with Gasteiger partial charge in [-0.05, 0) is 31.0 Å². The lowest BCUT2D eigenvalue weighted by Crippen LogP contribution is -2.46. The zero-order valence-electron chi connectivity index (χ0n) is 14.4. The van der Waals surface area contributed by atoms with E-state index in [1.54, 1.807) is 0 Å². The van der Waals surface area contributed by atoms with E-state index in [2.05, 4.69) is 10.2 Å². The van der Waals surface area contributed by atoms with Gasteiger partial charge in [0.2, 0.25) is 0 Å². The Kier molecular flexibility index (Phi) is 5.38. The molecule has 132 valence electrons. The standard InChI is InChI=1S/C18H27N3O3/c1-20(2)15-5-3-4-13(8-15)18(23)19-14-9-16-12-24-17(6-7-22)11-21(16)10-14/h3-5,8,14,16-17,22H,6-7,9-12H2,1-2H3,(H,19,23)/t14-,16+,17+/m1/s1. The number of aliphatic hydroxyl groups excluding tert-OH is 1. The monoisotopic (exact) mass is 333 g/mol. The number of carbonyl (C=O) groups excluding carboxylic acids is 1. The Morgan fingerprint density at radius 3 is 3.00 bits per heavy atom. The van der Waals surface area contributed by atoms with Crippen LogP contribution in [0.4, 0.5) is 5.69 Å². The van der Waals surface area contributed by atoms with Crippen LogP contribution in [-0.2, 0) is 4.74 Å². The second-order valence-electron chi connectivity index (χ2n) is 6.93. The number of rotatable bonds is 5. The van der Waals surface area contributed by atoms with Gasteiger partial charge in [0, 0.05) is 57.1 Å². The molecule has 1 aromatic carbocycles. The minimum Gasteiger partial charge on any atom is -0.396 e. The highest BCUT2D eigenvalue weighted by atomic mass is 16.5. The third-order valence-corrected chi connectivity index (χ3v) is 4.90. The fraction of sp³-hybridized carbons (Fsp3) is 0.611. The first-order chi connectivity index (χ1) is 11.6. The number of ether oxygens (including phenoxy) is 1. The van der Waals surface area contributed by atoms with E-state index in [1.807, 2.05) is 43.3 Å². The summed E-state index contributed by atoms with van der Waals surface area (Å²) in [5.41, 5.74) is 1.72. The maximum Gasteiger partial charge on any atom is 0.251 e. The van der Waals surface area contributed by atoms with Crippen LogP contribution in [0.5, 0.6) is 0 Å². The summed E-state index contributed by atoms with van der Waals surface area (Å²) in [6, 6.07) is 8.20. The van der Waals surface area contributed by atoms with Gasteiger partial charge in [-0.3, -0.25) is 9.69 Å². The van der Waals surface area contributed by atoms with Crippen molar-refractivity contribution < 1.29 is 14.6 Å². The summed E-state index contributed by atoms with van der Waals surface area (Å²) in [5.74, 6) is -0.0172. The van der Waals surface area contributed by atoms with Gasteiger partial charge < -0.3 is 20.1 Å². The van der Waals surface area contributed by atoms with E-state index < -0.39 is 0 Å². The highest BCUT2D eigenvalue weighted by molar-refractivity contribution is 5.95. The average molecular weight is 333 g/mol. The molecule has 2 N–H and O–H groups in total. The molecule has 3 atom stereocenters. The third kappa shape index (κ3) is 3.88. The van der Waals surface area contributed by atoms with Crippen LogP contribution in [0.15, 0.2) is 24.3 Å². The van der Waals surface area contributed by atoms with Gasteiger partial charge in [-0.2, -0.15) is 0 Å². The molecule has 0 aromatic heterocycles. The van der Waals surface area contributed by atoms with Gasteiger partial charge in [0.1, 0.15) is 0 Å². The minimum atomic E-state index is -0.0172. The van der Waals surface area contributed by atoms with Crippen molar-refractivity contribution in [3.05, 3.63) is 29.8 Å². The molecule has 0 radical (unpaired) electrons. The Bertz CT molecular complexity index is 578. The molecular formula is C18H27N3O3. The maximum atomic E-state index is 12.5. The molecule has 0 spiro atoms. The molecule has 24 heavy (non-hydrogen) atoms. The molecule has 3 rings (SSSR count). The molecule has 0 saturated carbocycles. The van der Waals surface area contributed by atoms with E-state index in [4.69, 9.17) is 9.84 Å². The fourth-order valence-electron chi connectivity index (χ4n) is 3.56. The zero-order chi connectivity index (χ0) is 17.1. The topological polar surface area (TPSA) is 65.0 Å². The lowest BCUT2D eigenvalue weighted by molar-refractivity contribution is -0.0566. The number of aliphatic hydroxyl groups is 1. The van der Waals surface area contributed by atoms with Gasteiger partial charge in [-0.1, -0.05) is 6.07 Å². The number of anilines is 1. The van der Waals surface area contributed by atoms with Crippen molar-refractivity contribution in [2.24, 2.45) is 0 Å². The van der Waals surface area contributed by atoms with Crippen LogP contribution in [0.2, 0.25) is 0 Å². The van der Waals surface area contributed by atoms with Crippen LogP contribution in [-0.4, -0.2) is 74.5 Å². The molecule has 0 aliphatic carbocycles. The summed E-state index contributed by atoms with van der Waals surface area (Å²) in [6.45, 7) is 2.54. The first-order valence-corrected chi connectivity index (χ1v) is 8.61. The molecule has 0 unspecified atom stereocenters. The number of carbonyl (C=O) groups is 1. The number of nitrogens with one attached hydrogen (secondary N) is 1.